The van der Waals surface area contributed by atoms with Gasteiger partial charge in [0.1, 0.15) is 0 Å². The Balaban J connectivity index is 2.35. The standard InChI is InChI=1S/C13H15N3S/c1-9-7-8-15-13(12(9)14)16-10-5-3-4-6-11(10)17-2/h3-8H,14H2,1-2H3,(H,15,16). The van der Waals surface area contributed by atoms with Gasteiger partial charge in [-0.1, -0.05) is 12.1 Å². The molecule has 4 heteroatoms. The van der Waals surface area contributed by atoms with Gasteiger partial charge in [0.05, 0.1) is 11.4 Å². The van der Waals surface area contributed by atoms with Crippen LogP contribution in [-0.2, 0) is 0 Å². The molecule has 0 fully saturated rings. The topological polar surface area (TPSA) is 50.9 Å². The molecule has 3 nitrogen and oxygen atoms in total. The van der Waals surface area contributed by atoms with E-state index in [-0.39, 0.29) is 0 Å². The quantitative estimate of drug-likeness (QED) is 0.813. The number of benzene rings is 1. The fraction of sp³-hybridized carbons (Fsp3) is 0.154. The minimum atomic E-state index is 0.698. The van der Waals surface area contributed by atoms with Crippen molar-refractivity contribution in [1.29, 1.82) is 0 Å². The van der Waals surface area contributed by atoms with E-state index in [1.54, 1.807) is 18.0 Å². The van der Waals surface area contributed by atoms with Crippen LogP contribution in [0.25, 0.3) is 0 Å². The first kappa shape index (κ1) is 11.8. The number of hydrogen-bond acceptors (Lipinski definition) is 4. The van der Waals surface area contributed by atoms with Gasteiger partial charge in [-0.25, -0.2) is 4.98 Å². The number of nitrogens with two attached hydrogens (primary N) is 1. The molecule has 0 bridgehead atoms. The molecule has 1 aromatic carbocycles. The van der Waals surface area contributed by atoms with Crippen molar-refractivity contribution < 1.29 is 0 Å². The van der Waals surface area contributed by atoms with E-state index in [2.05, 4.69) is 16.4 Å². The minimum absolute atomic E-state index is 0.698. The second-order valence-corrected chi connectivity index (χ2v) is 4.56. The van der Waals surface area contributed by atoms with Crippen molar-refractivity contribution in [2.75, 3.05) is 17.3 Å². The zero-order valence-corrected chi connectivity index (χ0v) is 10.7. The fourth-order valence-electron chi connectivity index (χ4n) is 1.54. The summed E-state index contributed by atoms with van der Waals surface area (Å²) in [7, 11) is 0. The van der Waals surface area contributed by atoms with Crippen molar-refractivity contribution in [2.24, 2.45) is 0 Å². The molecule has 0 saturated carbocycles. The molecular formula is C13H15N3S. The molecule has 1 aromatic heterocycles. The van der Waals surface area contributed by atoms with Crippen LogP contribution < -0.4 is 11.1 Å². The van der Waals surface area contributed by atoms with E-state index in [0.717, 1.165) is 11.3 Å². The van der Waals surface area contributed by atoms with E-state index < -0.39 is 0 Å². The van der Waals surface area contributed by atoms with E-state index >= 15 is 0 Å². The number of thioether (sulfide) groups is 1. The van der Waals surface area contributed by atoms with Gasteiger partial charge in [-0.2, -0.15) is 0 Å². The minimum Gasteiger partial charge on any atom is -0.396 e. The molecule has 2 aromatic rings. The lowest BCUT2D eigenvalue weighted by molar-refractivity contribution is 1.26. The van der Waals surface area contributed by atoms with Gasteiger partial charge in [0.2, 0.25) is 0 Å². The Bertz CT molecular complexity index is 526. The Hall–Kier alpha value is -1.68. The van der Waals surface area contributed by atoms with Gasteiger partial charge in [0.25, 0.3) is 0 Å². The summed E-state index contributed by atoms with van der Waals surface area (Å²) in [6.07, 6.45) is 3.81. The zero-order chi connectivity index (χ0) is 12.3. The molecule has 88 valence electrons. The van der Waals surface area contributed by atoms with Gasteiger partial charge in [0, 0.05) is 11.1 Å². The number of hydrogen-bond donors (Lipinski definition) is 2. The highest BCUT2D eigenvalue weighted by Gasteiger charge is 2.05. The number of nitrogen functional groups attached to an aromatic ring is 1. The van der Waals surface area contributed by atoms with Crippen LogP contribution in [0.2, 0.25) is 0 Å². The monoisotopic (exact) mass is 245 g/mol. The van der Waals surface area contributed by atoms with Crippen molar-refractivity contribution in [3.63, 3.8) is 0 Å². The van der Waals surface area contributed by atoms with E-state index in [4.69, 9.17) is 5.73 Å². The fourth-order valence-corrected chi connectivity index (χ4v) is 2.10. The first-order valence-electron chi connectivity index (χ1n) is 5.33. The van der Waals surface area contributed by atoms with Crippen LogP contribution in [0.3, 0.4) is 0 Å². The first-order valence-corrected chi connectivity index (χ1v) is 6.56. The summed E-state index contributed by atoms with van der Waals surface area (Å²) in [4.78, 5) is 5.44. The van der Waals surface area contributed by atoms with Crippen LogP contribution in [0.4, 0.5) is 17.2 Å². The van der Waals surface area contributed by atoms with Gasteiger partial charge in [-0.15, -0.1) is 11.8 Å². The summed E-state index contributed by atoms with van der Waals surface area (Å²) >= 11 is 1.69. The van der Waals surface area contributed by atoms with Crippen molar-refractivity contribution in [3.8, 4) is 0 Å². The molecule has 0 radical (unpaired) electrons. The third kappa shape index (κ3) is 2.53. The van der Waals surface area contributed by atoms with Gasteiger partial charge >= 0.3 is 0 Å². The van der Waals surface area contributed by atoms with E-state index in [1.807, 2.05) is 37.4 Å². The predicted octanol–water partition coefficient (Wildman–Crippen LogP) is 3.44. The number of nitrogens with one attached hydrogen (secondary N) is 1. The van der Waals surface area contributed by atoms with Crippen LogP contribution in [0.15, 0.2) is 41.4 Å². The number of aromatic nitrogens is 1. The third-order valence-corrected chi connectivity index (χ3v) is 3.36. The number of para-hydroxylation sites is 1. The van der Waals surface area contributed by atoms with Crippen LogP contribution in [-0.4, -0.2) is 11.2 Å². The average Bonchev–Trinajstić information content (AvgIpc) is 2.35. The highest BCUT2D eigenvalue weighted by Crippen LogP contribution is 2.29. The van der Waals surface area contributed by atoms with Crippen LogP contribution in [0.5, 0.6) is 0 Å². The molecule has 0 unspecified atom stereocenters. The first-order chi connectivity index (χ1) is 8.22. The Kier molecular flexibility index (Phi) is 3.54. The molecular weight excluding hydrogens is 230 g/mol. The average molecular weight is 245 g/mol. The van der Waals surface area contributed by atoms with Crippen molar-refractivity contribution in [1.82, 2.24) is 4.98 Å². The summed E-state index contributed by atoms with van der Waals surface area (Å²) in [5, 5.41) is 3.28. The molecule has 0 atom stereocenters. The number of rotatable bonds is 3. The Morgan fingerprint density at radius 1 is 1.24 bits per heavy atom. The molecule has 0 saturated heterocycles. The number of aryl methyl sites for hydroxylation is 1. The zero-order valence-electron chi connectivity index (χ0n) is 9.90. The van der Waals surface area contributed by atoms with Gasteiger partial charge in [0.15, 0.2) is 5.82 Å². The lowest BCUT2D eigenvalue weighted by Crippen LogP contribution is -2.01. The molecule has 2 rings (SSSR count). The molecule has 1 heterocycles. The number of anilines is 3. The van der Waals surface area contributed by atoms with E-state index in [0.29, 0.717) is 11.5 Å². The summed E-state index contributed by atoms with van der Waals surface area (Å²) in [5.41, 5.74) is 8.75. The van der Waals surface area contributed by atoms with Crippen molar-refractivity contribution >= 4 is 29.0 Å². The van der Waals surface area contributed by atoms with Gasteiger partial charge in [-0.3, -0.25) is 0 Å². The molecule has 0 aliphatic rings. The molecule has 0 spiro atoms. The Labute approximate surface area is 105 Å². The summed E-state index contributed by atoms with van der Waals surface area (Å²) < 4.78 is 0. The van der Waals surface area contributed by atoms with Gasteiger partial charge in [-0.05, 0) is 36.9 Å². The molecule has 0 amide bonds. The summed E-state index contributed by atoms with van der Waals surface area (Å²) in [6.45, 7) is 1.97. The molecule has 0 aliphatic heterocycles. The lowest BCUT2D eigenvalue weighted by Gasteiger charge is -2.12. The smallest absolute Gasteiger partial charge is 0.153 e. The summed E-state index contributed by atoms with van der Waals surface area (Å²) in [6, 6.07) is 10.0. The maximum Gasteiger partial charge on any atom is 0.153 e. The van der Waals surface area contributed by atoms with Crippen LogP contribution in [0, 0.1) is 6.92 Å². The normalized spacial score (nSPS) is 10.2. The van der Waals surface area contributed by atoms with Crippen LogP contribution in [0.1, 0.15) is 5.56 Å². The predicted molar refractivity (Wildman–Crippen MR) is 74.9 cm³/mol. The molecule has 0 aliphatic carbocycles. The Morgan fingerprint density at radius 3 is 2.76 bits per heavy atom. The second kappa shape index (κ2) is 5.10. The van der Waals surface area contributed by atoms with Gasteiger partial charge < -0.3 is 11.1 Å². The maximum atomic E-state index is 5.99. The van der Waals surface area contributed by atoms with Crippen LogP contribution >= 0.6 is 11.8 Å². The SMILES string of the molecule is CSc1ccccc1Nc1nccc(C)c1N. The third-order valence-electron chi connectivity index (χ3n) is 2.57. The molecule has 17 heavy (non-hydrogen) atoms. The lowest BCUT2D eigenvalue weighted by atomic mass is 10.2. The highest BCUT2D eigenvalue weighted by atomic mass is 32.2. The van der Waals surface area contributed by atoms with Crippen molar-refractivity contribution in [2.45, 2.75) is 11.8 Å². The van der Waals surface area contributed by atoms with E-state index in [9.17, 15) is 0 Å². The maximum absolute atomic E-state index is 5.99. The largest absolute Gasteiger partial charge is 0.396 e. The van der Waals surface area contributed by atoms with Crippen molar-refractivity contribution in [3.05, 3.63) is 42.1 Å². The van der Waals surface area contributed by atoms with E-state index in [1.165, 1.54) is 4.90 Å². The summed E-state index contributed by atoms with van der Waals surface area (Å²) in [5.74, 6) is 0.714. The number of nitrogens with zero attached hydrogens (tertiary/aromatic N) is 1. The highest BCUT2D eigenvalue weighted by molar-refractivity contribution is 7.98. The number of pyridine rings is 1. The molecule has 3 N–H and O–H groups in total. The second-order valence-electron chi connectivity index (χ2n) is 3.72. The Morgan fingerprint density at radius 2 is 2.00 bits per heavy atom.